The zero-order chi connectivity index (χ0) is 48.4. The molecule has 388 valence electrons. The predicted octanol–water partition coefficient (Wildman–Crippen LogP) is 1.09. The summed E-state index contributed by atoms with van der Waals surface area (Å²) in [5.41, 5.74) is 0. The van der Waals surface area contributed by atoms with E-state index in [9.17, 15) is 61.0 Å². The maximum Gasteiger partial charge on any atom is 0.220 e. The highest BCUT2D eigenvalue weighted by Crippen LogP contribution is 2.33. The van der Waals surface area contributed by atoms with E-state index in [1.807, 2.05) is 6.08 Å². The molecule has 3 aliphatic rings. The van der Waals surface area contributed by atoms with Crippen molar-refractivity contribution in [2.45, 2.75) is 253 Å². The van der Waals surface area contributed by atoms with E-state index in [0.29, 0.717) is 6.42 Å². The fourth-order valence-electron chi connectivity index (χ4n) is 8.60. The molecule has 3 fully saturated rings. The fraction of sp³-hybridized carbons (Fsp3) is 0.936. The molecule has 19 heteroatoms. The largest absolute Gasteiger partial charge is 0.394 e. The van der Waals surface area contributed by atoms with Crippen LogP contribution in [0.1, 0.15) is 149 Å². The number of unbranched alkanes of at least 4 members (excludes halogenated alkanes) is 18. The molecular weight excluding hydrogens is 867 g/mol. The van der Waals surface area contributed by atoms with Crippen LogP contribution in [0.2, 0.25) is 0 Å². The van der Waals surface area contributed by atoms with Gasteiger partial charge in [0.05, 0.1) is 38.6 Å². The Morgan fingerprint density at radius 2 is 0.939 bits per heavy atom. The molecule has 0 bridgehead atoms. The number of rotatable bonds is 34. The first-order valence-electron chi connectivity index (χ1n) is 24.9. The first-order chi connectivity index (χ1) is 31.8. The molecule has 0 aromatic carbocycles. The quantitative estimate of drug-likeness (QED) is 0.0317. The summed E-state index contributed by atoms with van der Waals surface area (Å²) in [6, 6.07) is -0.963. The SMILES string of the molecule is CCCCCCCCCCC/C=C/C(O)C(COC1OC(CO)C(OC2OC(CO)C(OC3OC(CO)C(O)C(O)C3O)C(O)C2O)C(O)C1O)NC(=O)CCCCCCCCCCCC. The molecule has 19 nitrogen and oxygen atoms in total. The number of amides is 1. The number of nitrogens with one attached hydrogen (secondary N) is 1. The summed E-state index contributed by atoms with van der Waals surface area (Å²) >= 11 is 0. The van der Waals surface area contributed by atoms with E-state index in [-0.39, 0.29) is 18.9 Å². The zero-order valence-corrected chi connectivity index (χ0v) is 39.4. The molecule has 0 radical (unpaired) electrons. The summed E-state index contributed by atoms with van der Waals surface area (Å²) in [6.45, 7) is 1.64. The summed E-state index contributed by atoms with van der Waals surface area (Å²) in [6.07, 6.45) is -0.523. The molecule has 0 spiro atoms. The number of hydrogen-bond donors (Lipinski definition) is 12. The van der Waals surface area contributed by atoms with Crippen molar-refractivity contribution < 1.29 is 89.4 Å². The Morgan fingerprint density at radius 3 is 1.42 bits per heavy atom. The number of carbonyl (C=O) groups excluding carboxylic acids is 1. The second kappa shape index (κ2) is 33.2. The van der Waals surface area contributed by atoms with Gasteiger partial charge < -0.3 is 89.9 Å². The van der Waals surface area contributed by atoms with Crippen molar-refractivity contribution in [3.05, 3.63) is 12.2 Å². The number of allylic oxidation sites excluding steroid dienone is 1. The van der Waals surface area contributed by atoms with E-state index in [1.165, 1.54) is 77.0 Å². The third kappa shape index (κ3) is 19.4. The topological polar surface area (TPSA) is 307 Å². The van der Waals surface area contributed by atoms with Gasteiger partial charge in [0.15, 0.2) is 18.9 Å². The van der Waals surface area contributed by atoms with Crippen LogP contribution in [0.4, 0.5) is 0 Å². The molecule has 3 rings (SSSR count). The van der Waals surface area contributed by atoms with Gasteiger partial charge in [0, 0.05) is 6.42 Å². The Balaban J connectivity index is 1.59. The third-order valence-electron chi connectivity index (χ3n) is 12.8. The van der Waals surface area contributed by atoms with Gasteiger partial charge in [-0.1, -0.05) is 135 Å². The fourth-order valence-corrected chi connectivity index (χ4v) is 8.60. The maximum atomic E-state index is 13.1. The van der Waals surface area contributed by atoms with Gasteiger partial charge in [-0.05, 0) is 19.3 Å². The lowest BCUT2D eigenvalue weighted by molar-refractivity contribution is -0.379. The van der Waals surface area contributed by atoms with E-state index < -0.39 is 124 Å². The van der Waals surface area contributed by atoms with Crippen molar-refractivity contribution in [3.8, 4) is 0 Å². The van der Waals surface area contributed by atoms with E-state index in [1.54, 1.807) is 6.08 Å². The van der Waals surface area contributed by atoms with Crippen molar-refractivity contribution in [2.75, 3.05) is 26.4 Å². The molecule has 3 saturated heterocycles. The standard InChI is InChI=1S/C47H87NO18/c1-3-5-7-9-11-13-15-16-18-20-22-24-31(52)30(48-35(53)25-23-21-19-17-14-12-10-8-6-4-2)29-61-45-41(59)38(56)43(33(27-50)63-45)66-47-42(60)39(57)44(34(28-51)64-47)65-46-40(58)37(55)36(54)32(26-49)62-46/h22,24,30-34,36-47,49-52,54-60H,3-21,23,25-29H2,1-2H3,(H,48,53)/b24-22+. The Hall–Kier alpha value is -1.47. The van der Waals surface area contributed by atoms with Gasteiger partial charge in [0.2, 0.25) is 5.91 Å². The van der Waals surface area contributed by atoms with Crippen LogP contribution in [0.3, 0.4) is 0 Å². The Bertz CT molecular complexity index is 1280. The first-order valence-corrected chi connectivity index (χ1v) is 24.9. The van der Waals surface area contributed by atoms with Crippen LogP contribution in [-0.2, 0) is 33.2 Å². The lowest BCUT2D eigenvalue weighted by Gasteiger charge is -2.48. The summed E-state index contributed by atoms with van der Waals surface area (Å²) in [7, 11) is 0. The van der Waals surface area contributed by atoms with Crippen LogP contribution in [0.15, 0.2) is 12.2 Å². The number of carbonyl (C=O) groups is 1. The minimum absolute atomic E-state index is 0.246. The monoisotopic (exact) mass is 954 g/mol. The van der Waals surface area contributed by atoms with Gasteiger partial charge in [-0.15, -0.1) is 0 Å². The van der Waals surface area contributed by atoms with Crippen molar-refractivity contribution in [2.24, 2.45) is 0 Å². The number of aliphatic hydroxyl groups is 11. The van der Waals surface area contributed by atoms with Crippen molar-refractivity contribution >= 4 is 5.91 Å². The average molecular weight is 954 g/mol. The Labute approximate surface area is 391 Å². The summed E-state index contributed by atoms with van der Waals surface area (Å²) < 4.78 is 34.0. The Morgan fingerprint density at radius 1 is 0.530 bits per heavy atom. The molecule has 0 aliphatic carbocycles. The van der Waals surface area contributed by atoms with Crippen molar-refractivity contribution in [1.82, 2.24) is 5.32 Å². The molecule has 0 saturated carbocycles. The number of aliphatic hydroxyl groups excluding tert-OH is 11. The van der Waals surface area contributed by atoms with Gasteiger partial charge in [0.1, 0.15) is 73.2 Å². The molecule has 17 unspecified atom stereocenters. The van der Waals surface area contributed by atoms with Crippen molar-refractivity contribution in [3.63, 3.8) is 0 Å². The smallest absolute Gasteiger partial charge is 0.220 e. The van der Waals surface area contributed by atoms with Crippen LogP contribution >= 0.6 is 0 Å². The average Bonchev–Trinajstić information content (AvgIpc) is 3.31. The summed E-state index contributed by atoms with van der Waals surface area (Å²) in [5, 5.41) is 119. The van der Waals surface area contributed by atoms with Crippen LogP contribution in [0.5, 0.6) is 0 Å². The second-order valence-electron chi connectivity index (χ2n) is 18.3. The van der Waals surface area contributed by atoms with E-state index in [0.717, 1.165) is 44.9 Å². The minimum Gasteiger partial charge on any atom is -0.394 e. The highest BCUT2D eigenvalue weighted by atomic mass is 16.8. The zero-order valence-electron chi connectivity index (χ0n) is 39.4. The van der Waals surface area contributed by atoms with Crippen LogP contribution in [0.25, 0.3) is 0 Å². The van der Waals surface area contributed by atoms with Gasteiger partial charge >= 0.3 is 0 Å². The number of hydrogen-bond acceptors (Lipinski definition) is 18. The van der Waals surface area contributed by atoms with Crippen LogP contribution < -0.4 is 5.32 Å². The van der Waals surface area contributed by atoms with Gasteiger partial charge in [0.25, 0.3) is 0 Å². The van der Waals surface area contributed by atoms with Gasteiger partial charge in [-0.25, -0.2) is 0 Å². The van der Waals surface area contributed by atoms with E-state index >= 15 is 0 Å². The summed E-state index contributed by atoms with van der Waals surface area (Å²) in [5.74, 6) is -0.281. The molecule has 1 amide bonds. The van der Waals surface area contributed by atoms with Crippen molar-refractivity contribution in [1.29, 1.82) is 0 Å². The molecular formula is C47H87NO18. The molecule has 66 heavy (non-hydrogen) atoms. The number of ether oxygens (including phenoxy) is 6. The molecule has 3 heterocycles. The second-order valence-corrected chi connectivity index (χ2v) is 18.3. The third-order valence-corrected chi connectivity index (χ3v) is 12.8. The minimum atomic E-state index is -1.97. The molecule has 0 aromatic rings. The van der Waals surface area contributed by atoms with Crippen LogP contribution in [0, 0.1) is 0 Å². The molecule has 17 atom stereocenters. The molecule has 12 N–H and O–H groups in total. The van der Waals surface area contributed by atoms with Gasteiger partial charge in [-0.2, -0.15) is 0 Å². The first kappa shape index (κ1) is 58.8. The van der Waals surface area contributed by atoms with E-state index in [2.05, 4.69) is 19.2 Å². The lowest BCUT2D eigenvalue weighted by Crippen LogP contribution is -2.66. The normalized spacial score (nSPS) is 33.9. The van der Waals surface area contributed by atoms with Gasteiger partial charge in [-0.3, -0.25) is 4.79 Å². The Kier molecular flexibility index (Phi) is 29.6. The molecule has 0 aromatic heterocycles. The highest BCUT2D eigenvalue weighted by Gasteiger charge is 2.53. The maximum absolute atomic E-state index is 13.1. The van der Waals surface area contributed by atoms with Crippen LogP contribution in [-0.4, -0.2) is 193 Å². The summed E-state index contributed by atoms with van der Waals surface area (Å²) in [4.78, 5) is 13.1. The predicted molar refractivity (Wildman–Crippen MR) is 240 cm³/mol. The van der Waals surface area contributed by atoms with E-state index in [4.69, 9.17) is 28.4 Å². The lowest BCUT2D eigenvalue weighted by atomic mass is 9.96. The highest BCUT2D eigenvalue weighted by molar-refractivity contribution is 5.76. The molecule has 3 aliphatic heterocycles.